The molecule has 2 aliphatic rings. The van der Waals surface area contributed by atoms with Gasteiger partial charge in [-0.3, -0.25) is 19.2 Å². The number of fused-ring (bicyclic) bond motifs is 3. The average molecular weight is 580 g/mol. The molecule has 1 saturated heterocycles. The van der Waals surface area contributed by atoms with Crippen LogP contribution in [0.4, 0.5) is 0 Å². The molecule has 0 unspecified atom stereocenters. The molecule has 0 bridgehead atoms. The van der Waals surface area contributed by atoms with E-state index in [-0.39, 0.29) is 12.3 Å². The van der Waals surface area contributed by atoms with Crippen LogP contribution in [0.2, 0.25) is 0 Å². The summed E-state index contributed by atoms with van der Waals surface area (Å²) in [6.45, 7) is 4.23. The Morgan fingerprint density at radius 1 is 0.810 bits per heavy atom. The summed E-state index contributed by atoms with van der Waals surface area (Å²) in [4.78, 5) is 48.0. The fourth-order valence-corrected chi connectivity index (χ4v) is 5.47. The summed E-state index contributed by atoms with van der Waals surface area (Å²) in [7, 11) is 0. The van der Waals surface area contributed by atoms with Crippen LogP contribution in [0.15, 0.2) is 54.7 Å². The van der Waals surface area contributed by atoms with Gasteiger partial charge in [-0.25, -0.2) is 4.68 Å². The van der Waals surface area contributed by atoms with Gasteiger partial charge in [-0.2, -0.15) is 0 Å². The fraction of sp³-hybridized carbons (Fsp3) is 0.379. The minimum atomic E-state index is -1.68. The molecule has 0 radical (unpaired) electrons. The van der Waals surface area contributed by atoms with E-state index < -0.39 is 60.1 Å². The second-order valence-corrected chi connectivity index (χ2v) is 9.98. The SMILES string of the molecule is CC(=O)OC[C@H]1O[C@@H](n2cc(C3(O)c4ccccc4-c4ccccc43)nn2)[C@@H](OC(C)=O)[C@@H](OC(C)=O)[C@@H]1OC(C)=O. The van der Waals surface area contributed by atoms with Crippen molar-refractivity contribution in [1.29, 1.82) is 0 Å². The van der Waals surface area contributed by atoms with Crippen molar-refractivity contribution < 1.29 is 48.0 Å². The number of carbonyl (C=O) groups excluding carboxylic acids is 4. The van der Waals surface area contributed by atoms with Crippen molar-refractivity contribution in [2.45, 2.75) is 63.9 Å². The molecule has 0 saturated carbocycles. The van der Waals surface area contributed by atoms with Crippen molar-refractivity contribution in [2.75, 3.05) is 6.61 Å². The monoisotopic (exact) mass is 579 g/mol. The molecule has 2 aromatic carbocycles. The van der Waals surface area contributed by atoms with Crippen LogP contribution in [-0.2, 0) is 48.5 Å². The van der Waals surface area contributed by atoms with Gasteiger partial charge in [0.1, 0.15) is 18.4 Å². The van der Waals surface area contributed by atoms with Gasteiger partial charge in [0.15, 0.2) is 30.1 Å². The Labute approximate surface area is 240 Å². The minimum Gasteiger partial charge on any atom is -0.463 e. The van der Waals surface area contributed by atoms with E-state index in [0.717, 1.165) is 31.9 Å². The van der Waals surface area contributed by atoms with Gasteiger partial charge in [-0.05, 0) is 11.1 Å². The van der Waals surface area contributed by atoms with Crippen molar-refractivity contribution in [3.8, 4) is 11.1 Å². The zero-order chi connectivity index (χ0) is 30.2. The Kier molecular flexibility index (Phi) is 7.80. The molecule has 13 heteroatoms. The van der Waals surface area contributed by atoms with Gasteiger partial charge in [0.05, 0.1) is 6.20 Å². The van der Waals surface area contributed by atoms with E-state index in [2.05, 4.69) is 10.3 Å². The topological polar surface area (TPSA) is 165 Å². The van der Waals surface area contributed by atoms with Crippen LogP contribution in [0, 0.1) is 0 Å². The number of nitrogens with zero attached hydrogens (tertiary/aromatic N) is 3. The maximum Gasteiger partial charge on any atom is 0.303 e. The van der Waals surface area contributed by atoms with Crippen LogP contribution in [0.25, 0.3) is 11.1 Å². The van der Waals surface area contributed by atoms with Crippen molar-refractivity contribution in [3.63, 3.8) is 0 Å². The zero-order valence-corrected chi connectivity index (χ0v) is 23.3. The third kappa shape index (κ3) is 5.23. The van der Waals surface area contributed by atoms with Crippen molar-refractivity contribution in [2.24, 2.45) is 0 Å². The van der Waals surface area contributed by atoms with Crippen LogP contribution in [-0.4, -0.2) is 75.0 Å². The van der Waals surface area contributed by atoms with E-state index >= 15 is 0 Å². The van der Waals surface area contributed by atoms with Crippen LogP contribution >= 0.6 is 0 Å². The second-order valence-electron chi connectivity index (χ2n) is 9.98. The number of aliphatic hydroxyl groups is 1. The summed E-state index contributed by atoms with van der Waals surface area (Å²) >= 11 is 0. The Morgan fingerprint density at radius 3 is 1.88 bits per heavy atom. The Balaban J connectivity index is 1.59. The molecule has 1 N–H and O–H groups in total. The highest BCUT2D eigenvalue weighted by molar-refractivity contribution is 5.81. The molecule has 1 aliphatic heterocycles. The highest BCUT2D eigenvalue weighted by atomic mass is 16.7. The molecule has 0 amide bonds. The summed E-state index contributed by atoms with van der Waals surface area (Å²) in [5, 5.41) is 20.6. The summed E-state index contributed by atoms with van der Waals surface area (Å²) in [6, 6.07) is 14.7. The molecule has 3 aromatic rings. The standard InChI is InChI=1S/C29H29N3O10/c1-15(33)38-14-23-25(39-16(2)34)26(40-17(3)35)27(41-18(4)36)28(42-23)32-13-24(30-31-32)29(37)21-11-7-5-9-19(21)20-10-6-8-12-22(20)29/h5-13,23,25-28,37H,14H2,1-4H3/t23-,25-,26+,27+,28-/m1/s1. The normalized spacial score (nSPS) is 23.7. The smallest absolute Gasteiger partial charge is 0.303 e. The first kappa shape index (κ1) is 28.9. The van der Waals surface area contributed by atoms with Gasteiger partial charge in [0.2, 0.25) is 0 Å². The van der Waals surface area contributed by atoms with E-state index in [4.69, 9.17) is 23.7 Å². The number of esters is 4. The van der Waals surface area contributed by atoms with E-state index in [1.165, 1.54) is 17.8 Å². The number of ether oxygens (including phenoxy) is 5. The highest BCUT2D eigenvalue weighted by Gasteiger charge is 2.54. The quantitative estimate of drug-likeness (QED) is 0.319. The lowest BCUT2D eigenvalue weighted by Gasteiger charge is -2.44. The molecular formula is C29H29N3O10. The van der Waals surface area contributed by atoms with Crippen LogP contribution < -0.4 is 0 Å². The number of benzene rings is 2. The van der Waals surface area contributed by atoms with Gasteiger partial charge in [0.25, 0.3) is 0 Å². The first-order valence-electron chi connectivity index (χ1n) is 13.1. The molecule has 13 nitrogen and oxygen atoms in total. The lowest BCUT2D eigenvalue weighted by molar-refractivity contribution is -0.270. The van der Waals surface area contributed by atoms with Gasteiger partial charge in [-0.1, -0.05) is 53.7 Å². The second kappa shape index (κ2) is 11.3. The summed E-state index contributed by atoms with van der Waals surface area (Å²) in [5.41, 5.74) is 1.33. The van der Waals surface area contributed by atoms with E-state index in [0.29, 0.717) is 11.1 Å². The van der Waals surface area contributed by atoms with Gasteiger partial charge < -0.3 is 28.8 Å². The van der Waals surface area contributed by atoms with Crippen molar-refractivity contribution in [3.05, 3.63) is 71.5 Å². The number of hydrogen-bond acceptors (Lipinski definition) is 12. The van der Waals surface area contributed by atoms with Gasteiger partial charge in [-0.15, -0.1) is 5.10 Å². The molecule has 220 valence electrons. The predicted molar refractivity (Wildman–Crippen MR) is 141 cm³/mol. The zero-order valence-electron chi connectivity index (χ0n) is 23.3. The van der Waals surface area contributed by atoms with Crippen LogP contribution in [0.5, 0.6) is 0 Å². The summed E-state index contributed by atoms with van der Waals surface area (Å²) in [6.07, 6.45) is -5.10. The maximum absolute atomic E-state index is 12.2. The number of carbonyl (C=O) groups is 4. The molecular weight excluding hydrogens is 550 g/mol. The fourth-order valence-electron chi connectivity index (χ4n) is 5.47. The highest BCUT2D eigenvalue weighted by Crippen LogP contribution is 2.50. The minimum absolute atomic E-state index is 0.146. The Bertz CT molecular complexity index is 1490. The summed E-state index contributed by atoms with van der Waals surface area (Å²) in [5.74, 6) is -2.87. The molecule has 1 aromatic heterocycles. The molecule has 0 spiro atoms. The van der Waals surface area contributed by atoms with Gasteiger partial charge in [0, 0.05) is 38.8 Å². The van der Waals surface area contributed by atoms with Crippen LogP contribution in [0.3, 0.4) is 0 Å². The van der Waals surface area contributed by atoms with E-state index in [1.54, 1.807) is 24.3 Å². The molecule has 5 rings (SSSR count). The molecule has 1 aliphatic carbocycles. The van der Waals surface area contributed by atoms with E-state index in [9.17, 15) is 24.3 Å². The molecule has 2 heterocycles. The first-order valence-corrected chi connectivity index (χ1v) is 13.1. The largest absolute Gasteiger partial charge is 0.463 e. The van der Waals surface area contributed by atoms with Crippen molar-refractivity contribution >= 4 is 23.9 Å². The third-order valence-corrected chi connectivity index (χ3v) is 7.03. The molecule has 5 atom stereocenters. The number of hydrogen-bond donors (Lipinski definition) is 1. The Hall–Kier alpha value is -4.62. The van der Waals surface area contributed by atoms with Crippen molar-refractivity contribution in [1.82, 2.24) is 15.0 Å². The lowest BCUT2D eigenvalue weighted by atomic mass is 9.88. The van der Waals surface area contributed by atoms with Gasteiger partial charge >= 0.3 is 23.9 Å². The van der Waals surface area contributed by atoms with Crippen LogP contribution in [0.1, 0.15) is 50.7 Å². The molecule has 1 fully saturated rings. The lowest BCUT2D eigenvalue weighted by Crippen LogP contribution is -2.60. The maximum atomic E-state index is 12.2. The average Bonchev–Trinajstić information content (AvgIpc) is 3.52. The molecule has 42 heavy (non-hydrogen) atoms. The Morgan fingerprint density at radius 2 is 1.33 bits per heavy atom. The third-order valence-electron chi connectivity index (χ3n) is 7.03. The summed E-state index contributed by atoms with van der Waals surface area (Å²) < 4.78 is 29.0. The first-order chi connectivity index (χ1) is 20.0. The number of aromatic nitrogens is 3. The predicted octanol–water partition coefficient (Wildman–Crippen LogP) is 1.80. The van der Waals surface area contributed by atoms with E-state index in [1.807, 2.05) is 24.3 Å². The number of rotatable bonds is 7.